The van der Waals surface area contributed by atoms with E-state index in [2.05, 4.69) is 10.1 Å². The normalized spacial score (nSPS) is 15.2. The lowest BCUT2D eigenvalue weighted by molar-refractivity contribution is 0.0138. The third-order valence-electron chi connectivity index (χ3n) is 4.35. The van der Waals surface area contributed by atoms with Gasteiger partial charge in [-0.15, -0.1) is 0 Å². The van der Waals surface area contributed by atoms with E-state index in [1.807, 2.05) is 0 Å². The summed E-state index contributed by atoms with van der Waals surface area (Å²) in [6.07, 6.45) is 0.448. The maximum absolute atomic E-state index is 12.3. The molecule has 0 amide bonds. The van der Waals surface area contributed by atoms with Crippen LogP contribution < -0.4 is 9.47 Å². The van der Waals surface area contributed by atoms with Crippen molar-refractivity contribution < 1.29 is 33.1 Å². The van der Waals surface area contributed by atoms with Crippen molar-refractivity contribution in [2.24, 2.45) is 0 Å². The Morgan fingerprint density at radius 1 is 0.935 bits per heavy atom. The summed E-state index contributed by atoms with van der Waals surface area (Å²) in [5.74, 6) is -0.0186. The van der Waals surface area contributed by atoms with E-state index in [4.69, 9.17) is 23.5 Å². The predicted octanol–water partition coefficient (Wildman–Crippen LogP) is 5.05. The smallest absolute Gasteiger partial charge is 0.428 e. The number of carbonyl (C=O) groups excluding carboxylic acids is 2. The van der Waals surface area contributed by atoms with Gasteiger partial charge in [0.25, 0.3) is 0 Å². The van der Waals surface area contributed by atoms with E-state index in [0.717, 1.165) is 31.6 Å². The van der Waals surface area contributed by atoms with Crippen LogP contribution in [0, 0.1) is 0 Å². The molecule has 1 saturated heterocycles. The number of fused-ring (bicyclic) bond motifs is 1. The Balaban J connectivity index is 1.91. The molecule has 0 aliphatic carbocycles. The average molecular weight is 434 g/mol. The Morgan fingerprint density at radius 3 is 1.97 bits per heavy atom. The number of benzene rings is 1. The van der Waals surface area contributed by atoms with Gasteiger partial charge < -0.3 is 23.5 Å². The molecule has 0 unspecified atom stereocenters. The highest BCUT2D eigenvalue weighted by molar-refractivity contribution is 5.85. The highest BCUT2D eigenvalue weighted by Gasteiger charge is 2.25. The first-order valence-electron chi connectivity index (χ1n) is 10.4. The molecule has 1 aliphatic rings. The molecule has 0 bridgehead atoms. The summed E-state index contributed by atoms with van der Waals surface area (Å²) in [5.41, 5.74) is -0.368. The topological polar surface area (TPSA) is 100 Å². The largest absolute Gasteiger partial charge is 0.514 e. The standard InChI is InChI=1S/C22H30N2O7/c1-21(2,3)29-19(25)27-17-11-14-15(13-24-9-7-8-10-24)23-31-16(14)12-18(17)28-20(26)30-22(4,5)6/h11-12H,7-10,13H2,1-6H3. The van der Waals surface area contributed by atoms with E-state index >= 15 is 0 Å². The number of hydrogen-bond acceptors (Lipinski definition) is 9. The predicted molar refractivity (Wildman–Crippen MR) is 112 cm³/mol. The van der Waals surface area contributed by atoms with Crippen LogP contribution in [-0.4, -0.2) is 46.7 Å². The minimum Gasteiger partial charge on any atom is -0.428 e. The second-order valence-electron chi connectivity index (χ2n) is 9.54. The molecule has 0 N–H and O–H groups in total. The molecule has 1 aliphatic heterocycles. The number of nitrogens with zero attached hydrogens (tertiary/aromatic N) is 2. The summed E-state index contributed by atoms with van der Waals surface area (Å²) in [6, 6.07) is 3.03. The van der Waals surface area contributed by atoms with Crippen molar-refractivity contribution in [3.8, 4) is 11.5 Å². The Labute approximate surface area is 181 Å². The second-order valence-corrected chi connectivity index (χ2v) is 9.54. The van der Waals surface area contributed by atoms with E-state index in [0.29, 0.717) is 17.5 Å². The molecule has 2 heterocycles. The fraction of sp³-hybridized carbons (Fsp3) is 0.591. The second kappa shape index (κ2) is 8.74. The van der Waals surface area contributed by atoms with Crippen LogP contribution in [-0.2, 0) is 16.0 Å². The Bertz CT molecular complexity index is 947. The van der Waals surface area contributed by atoms with Crippen LogP contribution in [0.5, 0.6) is 11.5 Å². The molecule has 0 spiro atoms. The molecule has 1 fully saturated rings. The molecule has 9 nitrogen and oxygen atoms in total. The van der Waals surface area contributed by atoms with Crippen molar-refractivity contribution in [3.63, 3.8) is 0 Å². The minimum atomic E-state index is -0.933. The van der Waals surface area contributed by atoms with Crippen molar-refractivity contribution >= 4 is 23.3 Å². The lowest BCUT2D eigenvalue weighted by Crippen LogP contribution is -2.27. The molecule has 3 rings (SSSR count). The van der Waals surface area contributed by atoms with Gasteiger partial charge in [-0.25, -0.2) is 9.59 Å². The van der Waals surface area contributed by atoms with E-state index in [1.165, 1.54) is 6.07 Å². The highest BCUT2D eigenvalue weighted by atomic mass is 16.8. The third kappa shape index (κ3) is 6.58. The van der Waals surface area contributed by atoms with Crippen molar-refractivity contribution in [1.29, 1.82) is 0 Å². The van der Waals surface area contributed by atoms with Gasteiger partial charge in [-0.3, -0.25) is 4.90 Å². The molecule has 1 aromatic carbocycles. The van der Waals surface area contributed by atoms with E-state index in [1.54, 1.807) is 47.6 Å². The number of likely N-dealkylation sites (tertiary alicyclic amines) is 1. The molecule has 0 atom stereocenters. The van der Waals surface area contributed by atoms with Crippen LogP contribution in [0.25, 0.3) is 11.0 Å². The maximum Gasteiger partial charge on any atom is 0.514 e. The molecule has 1 aromatic heterocycles. The van der Waals surface area contributed by atoms with Crippen LogP contribution in [0.3, 0.4) is 0 Å². The zero-order valence-corrected chi connectivity index (χ0v) is 18.9. The van der Waals surface area contributed by atoms with E-state index in [9.17, 15) is 9.59 Å². The molecule has 9 heteroatoms. The molecule has 31 heavy (non-hydrogen) atoms. The molecular weight excluding hydrogens is 404 g/mol. The number of ether oxygens (including phenoxy) is 4. The summed E-state index contributed by atoms with van der Waals surface area (Å²) < 4.78 is 26.6. The Morgan fingerprint density at radius 2 is 1.45 bits per heavy atom. The molecule has 2 aromatic rings. The summed E-state index contributed by atoms with van der Waals surface area (Å²) in [6.45, 7) is 12.9. The fourth-order valence-corrected chi connectivity index (χ4v) is 3.14. The van der Waals surface area contributed by atoms with Crippen LogP contribution in [0.4, 0.5) is 9.59 Å². The van der Waals surface area contributed by atoms with Crippen molar-refractivity contribution in [1.82, 2.24) is 10.1 Å². The first-order valence-corrected chi connectivity index (χ1v) is 10.4. The summed E-state index contributed by atoms with van der Waals surface area (Å²) in [7, 11) is 0. The van der Waals surface area contributed by atoms with Gasteiger partial charge in [-0.2, -0.15) is 0 Å². The number of rotatable bonds is 4. The van der Waals surface area contributed by atoms with Crippen LogP contribution >= 0.6 is 0 Å². The fourth-order valence-electron chi connectivity index (χ4n) is 3.14. The van der Waals surface area contributed by atoms with Crippen LogP contribution in [0.2, 0.25) is 0 Å². The van der Waals surface area contributed by atoms with E-state index in [-0.39, 0.29) is 11.5 Å². The molecular formula is C22H30N2O7. The van der Waals surface area contributed by atoms with Crippen molar-refractivity contribution in [3.05, 3.63) is 17.8 Å². The minimum absolute atomic E-state index is 0.0125. The molecule has 0 saturated carbocycles. The van der Waals surface area contributed by atoms with Gasteiger partial charge in [-0.1, -0.05) is 5.16 Å². The van der Waals surface area contributed by atoms with Gasteiger partial charge in [0.15, 0.2) is 17.1 Å². The summed E-state index contributed by atoms with van der Waals surface area (Å²) in [5, 5.41) is 4.83. The SMILES string of the molecule is CC(C)(C)OC(=O)Oc1cc2onc(CN3CCCC3)c2cc1OC(=O)OC(C)(C)C. The quantitative estimate of drug-likeness (QED) is 0.483. The maximum atomic E-state index is 12.3. The number of carbonyl (C=O) groups is 2. The third-order valence-corrected chi connectivity index (χ3v) is 4.35. The van der Waals surface area contributed by atoms with E-state index < -0.39 is 23.5 Å². The average Bonchev–Trinajstić information content (AvgIpc) is 3.22. The lowest BCUT2D eigenvalue weighted by atomic mass is 10.2. The monoisotopic (exact) mass is 434 g/mol. The lowest BCUT2D eigenvalue weighted by Gasteiger charge is -2.20. The molecule has 0 radical (unpaired) electrons. The zero-order chi connectivity index (χ0) is 22.8. The van der Waals surface area contributed by atoms with Gasteiger partial charge in [0.2, 0.25) is 0 Å². The first kappa shape index (κ1) is 22.9. The highest BCUT2D eigenvalue weighted by Crippen LogP contribution is 2.36. The van der Waals surface area contributed by atoms with Gasteiger partial charge in [0, 0.05) is 12.6 Å². The van der Waals surface area contributed by atoms with Gasteiger partial charge in [-0.05, 0) is 73.5 Å². The first-order chi connectivity index (χ1) is 14.4. The Kier molecular flexibility index (Phi) is 6.45. The zero-order valence-electron chi connectivity index (χ0n) is 18.9. The Hall–Kier alpha value is -2.81. The molecule has 170 valence electrons. The van der Waals surface area contributed by atoms with Crippen LogP contribution in [0.1, 0.15) is 60.1 Å². The summed E-state index contributed by atoms with van der Waals surface area (Å²) >= 11 is 0. The number of aromatic nitrogens is 1. The van der Waals surface area contributed by atoms with Crippen molar-refractivity contribution in [2.75, 3.05) is 13.1 Å². The van der Waals surface area contributed by atoms with Gasteiger partial charge >= 0.3 is 12.3 Å². The number of hydrogen-bond donors (Lipinski definition) is 0. The summed E-state index contributed by atoms with van der Waals surface area (Å²) in [4.78, 5) is 26.7. The van der Waals surface area contributed by atoms with Gasteiger partial charge in [0.05, 0.1) is 5.39 Å². The van der Waals surface area contributed by atoms with Crippen molar-refractivity contribution in [2.45, 2.75) is 72.1 Å². The van der Waals surface area contributed by atoms with Crippen LogP contribution in [0.15, 0.2) is 16.7 Å². The van der Waals surface area contributed by atoms with Gasteiger partial charge in [0.1, 0.15) is 16.9 Å².